The van der Waals surface area contributed by atoms with Crippen molar-refractivity contribution >= 4 is 17.5 Å². The highest BCUT2D eigenvalue weighted by molar-refractivity contribution is 6.31. The quantitative estimate of drug-likeness (QED) is 0.870. The molecule has 122 valence electrons. The van der Waals surface area contributed by atoms with Crippen LogP contribution in [0.3, 0.4) is 0 Å². The Labute approximate surface area is 137 Å². The van der Waals surface area contributed by atoms with E-state index in [0.717, 1.165) is 43.1 Å². The summed E-state index contributed by atoms with van der Waals surface area (Å²) in [4.78, 5) is 18.6. The van der Waals surface area contributed by atoms with E-state index >= 15 is 0 Å². The van der Waals surface area contributed by atoms with Crippen LogP contribution in [0.1, 0.15) is 25.3 Å². The fraction of sp³-hybridized carbons (Fsp3) is 0.625. The first-order valence-corrected chi connectivity index (χ1v) is 8.08. The lowest BCUT2D eigenvalue weighted by Crippen LogP contribution is -2.44. The van der Waals surface area contributed by atoms with Crippen molar-refractivity contribution < 1.29 is 9.53 Å². The highest BCUT2D eigenvalue weighted by Crippen LogP contribution is 2.21. The Hall–Kier alpha value is -1.17. The van der Waals surface area contributed by atoms with Gasteiger partial charge in [-0.1, -0.05) is 11.6 Å². The van der Waals surface area contributed by atoms with Crippen molar-refractivity contribution in [2.24, 2.45) is 5.92 Å². The number of piperidine rings is 1. The minimum absolute atomic E-state index is 0.0599. The number of rotatable bonds is 6. The molecule has 6 heteroatoms. The third-order valence-electron chi connectivity index (χ3n) is 4.00. The maximum Gasteiger partial charge on any atom is 0.223 e. The number of methoxy groups -OCH3 is 1. The number of hydrogen-bond acceptors (Lipinski definition) is 4. The van der Waals surface area contributed by atoms with Crippen LogP contribution in [-0.2, 0) is 16.1 Å². The number of hydrogen-bond donors (Lipinski definition) is 1. The lowest BCUT2D eigenvalue weighted by molar-refractivity contribution is -0.127. The van der Waals surface area contributed by atoms with Crippen molar-refractivity contribution in [2.75, 3.05) is 26.8 Å². The van der Waals surface area contributed by atoms with Gasteiger partial charge in [0.05, 0.1) is 6.61 Å². The fourth-order valence-corrected chi connectivity index (χ4v) is 2.94. The van der Waals surface area contributed by atoms with Crippen molar-refractivity contribution in [1.29, 1.82) is 0 Å². The van der Waals surface area contributed by atoms with Gasteiger partial charge in [0.25, 0.3) is 0 Å². The Kier molecular flexibility index (Phi) is 6.61. The number of nitrogens with one attached hydrogen (secondary N) is 1. The second-order valence-corrected chi connectivity index (χ2v) is 6.29. The summed E-state index contributed by atoms with van der Waals surface area (Å²) in [5.41, 5.74) is 1.04. The number of amides is 1. The molecule has 1 saturated heterocycles. The molecule has 0 saturated carbocycles. The number of likely N-dealkylation sites (tertiary alicyclic amines) is 1. The molecular weight excluding hydrogens is 302 g/mol. The van der Waals surface area contributed by atoms with Gasteiger partial charge < -0.3 is 10.1 Å². The average molecular weight is 326 g/mol. The summed E-state index contributed by atoms with van der Waals surface area (Å²) in [5, 5.41) is 3.76. The SMILES string of the molecule is COC[C@H](C)NC(=O)C1CCN(Cc2cnccc2Cl)CC1. The molecule has 1 aromatic rings. The molecule has 0 spiro atoms. The van der Waals surface area contributed by atoms with E-state index in [0.29, 0.717) is 6.61 Å². The molecule has 0 bridgehead atoms. The molecule has 1 N–H and O–H groups in total. The summed E-state index contributed by atoms with van der Waals surface area (Å²) in [6.45, 7) is 5.11. The van der Waals surface area contributed by atoms with Crippen molar-refractivity contribution in [3.63, 3.8) is 0 Å². The van der Waals surface area contributed by atoms with Gasteiger partial charge in [-0.25, -0.2) is 0 Å². The average Bonchev–Trinajstić information content (AvgIpc) is 2.50. The molecule has 0 unspecified atom stereocenters. The lowest BCUT2D eigenvalue weighted by atomic mass is 9.95. The smallest absolute Gasteiger partial charge is 0.223 e. The number of ether oxygens (including phenoxy) is 1. The molecule has 0 aliphatic carbocycles. The first-order chi connectivity index (χ1) is 10.6. The van der Waals surface area contributed by atoms with E-state index in [4.69, 9.17) is 16.3 Å². The van der Waals surface area contributed by atoms with Crippen LogP contribution in [0.25, 0.3) is 0 Å². The van der Waals surface area contributed by atoms with E-state index in [1.807, 2.05) is 19.2 Å². The van der Waals surface area contributed by atoms with Crippen LogP contribution in [0.4, 0.5) is 0 Å². The van der Waals surface area contributed by atoms with Gasteiger partial charge in [0, 0.05) is 48.6 Å². The second-order valence-electron chi connectivity index (χ2n) is 5.88. The van der Waals surface area contributed by atoms with Crippen LogP contribution in [-0.4, -0.2) is 48.6 Å². The standard InChI is InChI=1S/C16H24ClN3O2/c1-12(11-22-2)19-16(21)13-4-7-20(8-5-13)10-14-9-18-6-3-15(14)17/h3,6,9,12-13H,4-5,7-8,10-11H2,1-2H3,(H,19,21)/t12-/m0/s1. The Bertz CT molecular complexity index is 490. The number of halogens is 1. The summed E-state index contributed by atoms with van der Waals surface area (Å²) in [6, 6.07) is 1.87. The zero-order valence-electron chi connectivity index (χ0n) is 13.2. The number of nitrogens with zero attached hydrogens (tertiary/aromatic N) is 2. The van der Waals surface area contributed by atoms with E-state index in [9.17, 15) is 4.79 Å². The lowest BCUT2D eigenvalue weighted by Gasteiger charge is -2.31. The predicted molar refractivity (Wildman–Crippen MR) is 86.7 cm³/mol. The van der Waals surface area contributed by atoms with Crippen molar-refractivity contribution in [1.82, 2.24) is 15.2 Å². The van der Waals surface area contributed by atoms with Crippen LogP contribution >= 0.6 is 11.6 Å². The van der Waals surface area contributed by atoms with Gasteiger partial charge >= 0.3 is 0 Å². The first kappa shape index (κ1) is 17.2. The maximum absolute atomic E-state index is 12.2. The fourth-order valence-electron chi connectivity index (χ4n) is 2.77. The van der Waals surface area contributed by atoms with Crippen LogP contribution < -0.4 is 5.32 Å². The second kappa shape index (κ2) is 8.46. The largest absolute Gasteiger partial charge is 0.383 e. The van der Waals surface area contributed by atoms with Crippen LogP contribution in [0.5, 0.6) is 0 Å². The highest BCUT2D eigenvalue weighted by atomic mass is 35.5. The highest BCUT2D eigenvalue weighted by Gasteiger charge is 2.25. The Morgan fingerprint density at radius 1 is 1.55 bits per heavy atom. The first-order valence-electron chi connectivity index (χ1n) is 7.70. The molecule has 1 aromatic heterocycles. The van der Waals surface area contributed by atoms with E-state index in [-0.39, 0.29) is 17.9 Å². The van der Waals surface area contributed by atoms with Gasteiger partial charge in [-0.2, -0.15) is 0 Å². The van der Waals surface area contributed by atoms with Gasteiger partial charge in [-0.05, 0) is 38.9 Å². The van der Waals surface area contributed by atoms with Crippen molar-refractivity contribution in [3.05, 3.63) is 29.0 Å². The molecule has 5 nitrogen and oxygen atoms in total. The van der Waals surface area contributed by atoms with E-state index in [1.165, 1.54) is 0 Å². The molecule has 2 rings (SSSR count). The van der Waals surface area contributed by atoms with Crippen LogP contribution in [0, 0.1) is 5.92 Å². The summed E-state index contributed by atoms with van der Waals surface area (Å²) in [7, 11) is 1.64. The molecule has 2 heterocycles. The summed E-state index contributed by atoms with van der Waals surface area (Å²) < 4.78 is 5.05. The minimum Gasteiger partial charge on any atom is -0.383 e. The van der Waals surface area contributed by atoms with Crippen molar-refractivity contribution in [2.45, 2.75) is 32.4 Å². The van der Waals surface area contributed by atoms with E-state index < -0.39 is 0 Å². The molecule has 1 amide bonds. The summed E-state index contributed by atoms with van der Waals surface area (Å²) >= 11 is 6.17. The molecule has 0 aromatic carbocycles. The molecule has 0 radical (unpaired) electrons. The molecule has 22 heavy (non-hydrogen) atoms. The van der Waals surface area contributed by atoms with Gasteiger partial charge in [-0.15, -0.1) is 0 Å². The Morgan fingerprint density at radius 3 is 2.91 bits per heavy atom. The number of pyridine rings is 1. The normalized spacial score (nSPS) is 18.1. The molecule has 1 aliphatic heterocycles. The van der Waals surface area contributed by atoms with Gasteiger partial charge in [0.15, 0.2) is 0 Å². The number of carbonyl (C=O) groups excluding carboxylic acids is 1. The third-order valence-corrected chi connectivity index (χ3v) is 4.37. The maximum atomic E-state index is 12.2. The topological polar surface area (TPSA) is 54.5 Å². The molecule has 1 aliphatic rings. The van der Waals surface area contributed by atoms with Crippen LogP contribution in [0.15, 0.2) is 18.5 Å². The molecule has 1 atom stereocenters. The zero-order chi connectivity index (χ0) is 15.9. The van der Waals surface area contributed by atoms with E-state index in [1.54, 1.807) is 13.3 Å². The Balaban J connectivity index is 1.78. The molecule has 1 fully saturated rings. The monoisotopic (exact) mass is 325 g/mol. The zero-order valence-corrected chi connectivity index (χ0v) is 14.0. The van der Waals surface area contributed by atoms with Crippen LogP contribution in [0.2, 0.25) is 5.02 Å². The number of aromatic nitrogens is 1. The van der Waals surface area contributed by atoms with Gasteiger partial charge in [0.2, 0.25) is 5.91 Å². The summed E-state index contributed by atoms with van der Waals surface area (Å²) in [5.74, 6) is 0.239. The Morgan fingerprint density at radius 2 is 2.27 bits per heavy atom. The number of carbonyl (C=O) groups is 1. The predicted octanol–water partition coefficient (Wildman–Crippen LogP) is 2.10. The third kappa shape index (κ3) is 4.93. The van der Waals surface area contributed by atoms with Gasteiger partial charge in [-0.3, -0.25) is 14.7 Å². The summed E-state index contributed by atoms with van der Waals surface area (Å²) in [6.07, 6.45) is 5.27. The molecular formula is C16H24ClN3O2. The van der Waals surface area contributed by atoms with Gasteiger partial charge in [0.1, 0.15) is 0 Å². The van der Waals surface area contributed by atoms with E-state index in [2.05, 4.69) is 15.2 Å². The minimum atomic E-state index is 0.0599. The van der Waals surface area contributed by atoms with Crippen molar-refractivity contribution in [3.8, 4) is 0 Å².